The molecule has 0 spiro atoms. The molecular formula is H2CrLaOSr. The molecule has 0 amide bonds. The summed E-state index contributed by atoms with van der Waals surface area (Å²) in [5, 5.41) is 0. The second kappa shape index (κ2) is 16.7. The van der Waals surface area contributed by atoms with Gasteiger partial charge in [0.25, 0.3) is 0 Å². The molecular weight excluding hydrogens is 295 g/mol. The second-order valence-corrected chi connectivity index (χ2v) is 0. The van der Waals surface area contributed by atoms with Gasteiger partial charge in [-0.1, -0.05) is 0 Å². The molecule has 1 nitrogen and oxygen atoms in total. The van der Waals surface area contributed by atoms with Crippen molar-refractivity contribution in [3.05, 3.63) is 0 Å². The molecule has 0 fully saturated rings. The van der Waals surface area contributed by atoms with Crippen molar-refractivity contribution in [3.8, 4) is 0 Å². The van der Waals surface area contributed by atoms with Gasteiger partial charge in [0, 0.05) is 35.6 Å². The van der Waals surface area contributed by atoms with E-state index in [1.54, 1.807) is 0 Å². The van der Waals surface area contributed by atoms with E-state index in [0.717, 1.165) is 0 Å². The quantitative estimate of drug-likeness (QED) is 0.562. The maximum atomic E-state index is 8.12. The van der Waals surface area contributed by atoms with Crippen molar-refractivity contribution in [2.24, 2.45) is 0 Å². The van der Waals surface area contributed by atoms with E-state index in [9.17, 15) is 0 Å². The summed E-state index contributed by atoms with van der Waals surface area (Å²) in [6.45, 7) is 0. The van der Waals surface area contributed by atoms with E-state index in [2.05, 4.69) is 0 Å². The van der Waals surface area contributed by atoms with Crippen molar-refractivity contribution >= 4 is 45.5 Å². The van der Waals surface area contributed by atoms with Crippen molar-refractivity contribution in [1.29, 1.82) is 0 Å². The van der Waals surface area contributed by atoms with Gasteiger partial charge in [-0.05, 0) is 0 Å². The Bertz CT molecular complexity index is 13.5. The van der Waals surface area contributed by atoms with Gasteiger partial charge in [-0.2, -0.15) is 0 Å². The van der Waals surface area contributed by atoms with E-state index in [1.807, 2.05) is 0 Å². The van der Waals surface area contributed by atoms with Crippen LogP contribution in [0.3, 0.4) is 0 Å². The van der Waals surface area contributed by atoms with Gasteiger partial charge in [-0.15, -0.1) is 0 Å². The predicted molar refractivity (Wildman–Crippen MR) is 8.66 cm³/mol. The number of rotatable bonds is 0. The molecule has 0 saturated carbocycles. The van der Waals surface area contributed by atoms with Crippen LogP contribution in [0, 0.1) is 35.6 Å². The summed E-state index contributed by atoms with van der Waals surface area (Å²) in [4.78, 5) is 0. The SMILES string of the molecule is [H-].[H-].[La].[O]=[Cr].[Sr+2]. The van der Waals surface area contributed by atoms with Gasteiger partial charge >= 0.3 is 65.5 Å². The van der Waals surface area contributed by atoms with E-state index >= 15 is 0 Å². The van der Waals surface area contributed by atoms with Crippen molar-refractivity contribution in [1.82, 2.24) is 0 Å². The Hall–Kier alpha value is 3.01. The molecule has 0 rings (SSSR count). The minimum Gasteiger partial charge on any atom is 2.00 e. The zero-order chi connectivity index (χ0) is 2.00. The van der Waals surface area contributed by atoms with E-state index in [4.69, 9.17) is 3.80 Å². The summed E-state index contributed by atoms with van der Waals surface area (Å²) in [6, 6.07) is 0. The largest absolute Gasteiger partial charge is 2.00 e. The van der Waals surface area contributed by atoms with Crippen molar-refractivity contribution in [3.63, 3.8) is 0 Å². The van der Waals surface area contributed by atoms with Crippen LogP contribution in [0.4, 0.5) is 0 Å². The molecule has 0 atom stereocenters. The summed E-state index contributed by atoms with van der Waals surface area (Å²) in [6.07, 6.45) is 0. The van der Waals surface area contributed by atoms with E-state index in [-0.39, 0.29) is 83.9 Å². The minimum absolute atomic E-state index is 0. The van der Waals surface area contributed by atoms with Gasteiger partial charge in [0.1, 0.15) is 0 Å². The Balaban J connectivity index is -0.000000000833. The normalized spacial score (nSPS) is 1.00. The van der Waals surface area contributed by atoms with Crippen LogP contribution in [0.15, 0.2) is 0 Å². The van der Waals surface area contributed by atoms with Crippen LogP contribution in [-0.4, -0.2) is 45.5 Å². The Kier molecular flexibility index (Phi) is 65.6. The molecule has 1 radical (unpaired) electrons. The first-order valence-electron chi connectivity index (χ1n) is 0.167. The van der Waals surface area contributed by atoms with Gasteiger partial charge in [-0.3, -0.25) is 0 Å². The van der Waals surface area contributed by atoms with E-state index in [0.29, 0.717) is 0 Å². The topological polar surface area (TPSA) is 17.1 Å². The molecule has 0 saturated heterocycles. The average Bonchev–Trinajstić information content (AvgIpc) is 1.00. The molecule has 0 unspecified atom stereocenters. The average molecular weight is 297 g/mol. The predicted octanol–water partition coefficient (Wildman–Crippen LogP) is -0.277. The zero-order valence-electron chi connectivity index (χ0n) is 4.10. The maximum Gasteiger partial charge on any atom is 2.00 e. The monoisotopic (exact) mass is 297 g/mol. The molecule has 0 aromatic carbocycles. The van der Waals surface area contributed by atoms with Crippen LogP contribution in [0.2, 0.25) is 0 Å². The smallest absolute Gasteiger partial charge is 2.00 e. The summed E-state index contributed by atoms with van der Waals surface area (Å²) < 4.78 is 8.12. The molecule has 0 aromatic rings. The van der Waals surface area contributed by atoms with Gasteiger partial charge in [0.05, 0.1) is 0 Å². The second-order valence-electron chi connectivity index (χ2n) is 0. The number of hydrogen-bond acceptors (Lipinski definition) is 1. The van der Waals surface area contributed by atoms with E-state index < -0.39 is 0 Å². The van der Waals surface area contributed by atoms with Crippen molar-refractivity contribution in [2.75, 3.05) is 0 Å². The van der Waals surface area contributed by atoms with Crippen LogP contribution in [0.25, 0.3) is 0 Å². The molecule has 19 valence electrons. The Labute approximate surface area is 101 Å². The molecule has 0 aliphatic rings. The van der Waals surface area contributed by atoms with Crippen LogP contribution in [0.1, 0.15) is 2.85 Å². The molecule has 0 heterocycles. The zero-order valence-corrected chi connectivity index (χ0v) is 10.5. The Morgan fingerprint density at radius 1 is 1.50 bits per heavy atom. The summed E-state index contributed by atoms with van der Waals surface area (Å²) in [5.41, 5.74) is 0. The number of hydrogen-bond donors (Lipinski definition) is 0. The Morgan fingerprint density at radius 3 is 1.50 bits per heavy atom. The fraction of sp³-hybridized carbons (Fsp3) is 0. The first-order valence-corrected chi connectivity index (χ1v) is 0.687. The first kappa shape index (κ1) is 15.7. The van der Waals surface area contributed by atoms with Gasteiger partial charge < -0.3 is 2.85 Å². The maximum absolute atomic E-state index is 8.12. The minimum atomic E-state index is 0. The molecule has 0 bridgehead atoms. The molecule has 0 aromatic heterocycles. The van der Waals surface area contributed by atoms with Crippen LogP contribution in [0.5, 0.6) is 0 Å². The fourth-order valence-corrected chi connectivity index (χ4v) is 0. The molecule has 0 N–H and O–H groups in total. The third kappa shape index (κ3) is 8.89. The summed E-state index contributed by atoms with van der Waals surface area (Å²) in [5.74, 6) is 0. The third-order valence-corrected chi connectivity index (χ3v) is 0. The standard InChI is InChI=1S/Cr.La.O.Sr.2H/q;;;+2;2*-1. The van der Waals surface area contributed by atoms with Crippen LogP contribution in [-0.2, 0) is 20.0 Å². The molecule has 0 aliphatic carbocycles. The van der Waals surface area contributed by atoms with Crippen LogP contribution < -0.4 is 0 Å². The third-order valence-electron chi connectivity index (χ3n) is 0. The Morgan fingerprint density at radius 2 is 1.50 bits per heavy atom. The molecule has 4 heavy (non-hydrogen) atoms. The van der Waals surface area contributed by atoms with Gasteiger partial charge in [0.15, 0.2) is 0 Å². The summed E-state index contributed by atoms with van der Waals surface area (Å²) >= 11 is 1.38. The van der Waals surface area contributed by atoms with Crippen LogP contribution >= 0.6 is 0 Å². The molecule has 0 aliphatic heterocycles. The molecule has 4 heteroatoms. The first-order chi connectivity index (χ1) is 1.00. The fourth-order valence-electron chi connectivity index (χ4n) is 0. The van der Waals surface area contributed by atoms with Crippen molar-refractivity contribution < 1.29 is 58.5 Å². The summed E-state index contributed by atoms with van der Waals surface area (Å²) in [7, 11) is 0. The van der Waals surface area contributed by atoms with Crippen molar-refractivity contribution in [2.45, 2.75) is 0 Å². The van der Waals surface area contributed by atoms with E-state index in [1.165, 1.54) is 16.2 Å². The van der Waals surface area contributed by atoms with Gasteiger partial charge in [0.2, 0.25) is 0 Å². The van der Waals surface area contributed by atoms with Gasteiger partial charge in [-0.25, -0.2) is 0 Å².